The summed E-state index contributed by atoms with van der Waals surface area (Å²) >= 11 is 1.18. The van der Waals surface area contributed by atoms with Crippen LogP contribution in [0.2, 0.25) is 0 Å². The highest BCUT2D eigenvalue weighted by atomic mass is 32.2. The van der Waals surface area contributed by atoms with Gasteiger partial charge in [0, 0.05) is 12.8 Å². The van der Waals surface area contributed by atoms with Crippen LogP contribution in [0.3, 0.4) is 0 Å². The molecule has 1 aromatic rings. The highest BCUT2D eigenvalue weighted by molar-refractivity contribution is 7.92. The number of rotatable bonds is 5. The van der Waals surface area contributed by atoms with Gasteiger partial charge in [0.15, 0.2) is 15.6 Å². The van der Waals surface area contributed by atoms with E-state index in [2.05, 4.69) is 9.69 Å². The Morgan fingerprint density at radius 3 is 2.44 bits per heavy atom. The van der Waals surface area contributed by atoms with Crippen LogP contribution in [0.25, 0.3) is 0 Å². The maximum Gasteiger partial charge on any atom is 0.164 e. The van der Waals surface area contributed by atoms with E-state index in [0.29, 0.717) is 16.3 Å². The summed E-state index contributed by atoms with van der Waals surface area (Å²) in [6, 6.07) is 0. The molecule has 0 unspecified atom stereocenters. The van der Waals surface area contributed by atoms with Crippen molar-refractivity contribution in [1.82, 2.24) is 4.37 Å². The van der Waals surface area contributed by atoms with Gasteiger partial charge in [-0.05, 0) is 39.2 Å². The third kappa shape index (κ3) is 3.08. The normalized spacial score (nSPS) is 12.5. The van der Waals surface area contributed by atoms with E-state index in [4.69, 9.17) is 0 Å². The molecule has 0 spiro atoms. The predicted molar refractivity (Wildman–Crippen MR) is 74.3 cm³/mol. The van der Waals surface area contributed by atoms with Crippen molar-refractivity contribution >= 4 is 32.2 Å². The van der Waals surface area contributed by atoms with Gasteiger partial charge in [0.25, 0.3) is 0 Å². The molecular formula is C11H18N2O3S2. The van der Waals surface area contributed by atoms with Crippen LogP contribution in [-0.2, 0) is 9.84 Å². The van der Waals surface area contributed by atoms with E-state index in [9.17, 15) is 13.2 Å². The fourth-order valence-corrected chi connectivity index (χ4v) is 2.50. The molecule has 0 fully saturated rings. The first-order chi connectivity index (χ1) is 8.06. The second-order valence-electron chi connectivity index (χ2n) is 4.91. The number of nitrogens with zero attached hydrogens (tertiary/aromatic N) is 1. The number of Topliss-reactive ketones (excluding diaryl/α,β-unsaturated/α-hetero) is 1. The molecule has 0 atom stereocenters. The van der Waals surface area contributed by atoms with Crippen LogP contribution in [0.5, 0.6) is 0 Å². The first kappa shape index (κ1) is 15.1. The van der Waals surface area contributed by atoms with E-state index in [0.717, 1.165) is 0 Å². The number of nitrogens with one attached hydrogen (secondary N) is 1. The van der Waals surface area contributed by atoms with Gasteiger partial charge >= 0.3 is 0 Å². The Bertz CT molecular complexity index is 559. The Hall–Kier alpha value is -0.950. The summed E-state index contributed by atoms with van der Waals surface area (Å²) in [6.45, 7) is 6.78. The topological polar surface area (TPSA) is 76.1 Å². The van der Waals surface area contributed by atoms with Crippen LogP contribution in [-0.4, -0.2) is 36.1 Å². The molecule has 0 amide bonds. The number of aryl methyl sites for hydroxylation is 1. The van der Waals surface area contributed by atoms with E-state index >= 15 is 0 Å². The van der Waals surface area contributed by atoms with E-state index in [-0.39, 0.29) is 12.3 Å². The van der Waals surface area contributed by atoms with Crippen LogP contribution in [0, 0.1) is 6.92 Å². The van der Waals surface area contributed by atoms with Crippen molar-refractivity contribution in [1.29, 1.82) is 0 Å². The van der Waals surface area contributed by atoms with Crippen molar-refractivity contribution < 1.29 is 13.2 Å². The lowest BCUT2D eigenvalue weighted by Gasteiger charge is -2.23. The van der Waals surface area contributed by atoms with Crippen molar-refractivity contribution in [2.45, 2.75) is 32.4 Å². The van der Waals surface area contributed by atoms with Crippen LogP contribution in [0.15, 0.2) is 0 Å². The molecule has 0 aliphatic heterocycles. The van der Waals surface area contributed by atoms with Gasteiger partial charge in [-0.2, -0.15) is 4.37 Å². The van der Waals surface area contributed by atoms with E-state index in [1.54, 1.807) is 20.8 Å². The molecule has 0 saturated carbocycles. The van der Waals surface area contributed by atoms with Crippen LogP contribution < -0.4 is 5.32 Å². The first-order valence-corrected chi connectivity index (χ1v) is 8.13. The molecule has 5 nitrogen and oxygen atoms in total. The number of ketones is 1. The van der Waals surface area contributed by atoms with Gasteiger partial charge in [0.05, 0.1) is 16.0 Å². The Labute approximate surface area is 112 Å². The summed E-state index contributed by atoms with van der Waals surface area (Å²) < 4.78 is 26.4. The second-order valence-corrected chi connectivity index (χ2v) is 8.34. The third-order valence-corrected chi connectivity index (χ3v) is 5.94. The molecule has 0 radical (unpaired) electrons. The van der Waals surface area contributed by atoms with Gasteiger partial charge in [-0.1, -0.05) is 0 Å². The zero-order valence-electron chi connectivity index (χ0n) is 11.2. The second kappa shape index (κ2) is 4.97. The molecule has 0 saturated heterocycles. The summed E-state index contributed by atoms with van der Waals surface area (Å²) in [6.07, 6.45) is 1.21. The van der Waals surface area contributed by atoms with Gasteiger partial charge in [0.2, 0.25) is 0 Å². The van der Waals surface area contributed by atoms with Crippen LogP contribution in [0.1, 0.15) is 36.8 Å². The quantitative estimate of drug-likeness (QED) is 0.838. The zero-order chi connectivity index (χ0) is 14.1. The van der Waals surface area contributed by atoms with Gasteiger partial charge < -0.3 is 5.32 Å². The Morgan fingerprint density at radius 2 is 2.00 bits per heavy atom. The number of hydrogen-bond donors (Lipinski definition) is 1. The lowest BCUT2D eigenvalue weighted by molar-refractivity contribution is 0.101. The SMILES string of the molecule is CC(=O)c1c(C)nsc1NCC(C)(C)S(C)(=O)=O. The highest BCUT2D eigenvalue weighted by Gasteiger charge is 2.30. The summed E-state index contributed by atoms with van der Waals surface area (Å²) in [5.74, 6) is -0.0686. The lowest BCUT2D eigenvalue weighted by Crippen LogP contribution is -2.38. The Kier molecular flexibility index (Phi) is 4.17. The van der Waals surface area contributed by atoms with Crippen molar-refractivity contribution in [3.8, 4) is 0 Å². The minimum Gasteiger partial charge on any atom is -0.373 e. The predicted octanol–water partition coefficient (Wildman–Crippen LogP) is 1.89. The summed E-state index contributed by atoms with van der Waals surface area (Å²) in [5, 5.41) is 3.65. The van der Waals surface area contributed by atoms with Crippen LogP contribution in [0.4, 0.5) is 5.00 Å². The molecule has 0 aromatic carbocycles. The van der Waals surface area contributed by atoms with Crippen molar-refractivity contribution in [2.24, 2.45) is 0 Å². The monoisotopic (exact) mass is 290 g/mol. The van der Waals surface area contributed by atoms with E-state index < -0.39 is 14.6 Å². The number of sulfone groups is 1. The number of carbonyl (C=O) groups is 1. The van der Waals surface area contributed by atoms with Crippen molar-refractivity contribution in [3.05, 3.63) is 11.3 Å². The smallest absolute Gasteiger partial charge is 0.164 e. The molecule has 0 aliphatic carbocycles. The fourth-order valence-electron chi connectivity index (χ4n) is 1.33. The summed E-state index contributed by atoms with van der Waals surface area (Å²) in [5.41, 5.74) is 1.22. The summed E-state index contributed by atoms with van der Waals surface area (Å²) in [4.78, 5) is 11.5. The summed E-state index contributed by atoms with van der Waals surface area (Å²) in [7, 11) is -3.16. The molecule has 18 heavy (non-hydrogen) atoms. The molecule has 102 valence electrons. The van der Waals surface area contributed by atoms with E-state index in [1.165, 1.54) is 24.7 Å². The maximum atomic E-state index is 11.6. The van der Waals surface area contributed by atoms with Crippen molar-refractivity contribution in [2.75, 3.05) is 18.1 Å². The molecule has 7 heteroatoms. The average Bonchev–Trinajstić information content (AvgIpc) is 2.55. The van der Waals surface area contributed by atoms with Crippen molar-refractivity contribution in [3.63, 3.8) is 0 Å². The molecular weight excluding hydrogens is 272 g/mol. The van der Waals surface area contributed by atoms with Gasteiger partial charge in [0.1, 0.15) is 5.00 Å². The number of aromatic nitrogens is 1. The van der Waals surface area contributed by atoms with E-state index in [1.807, 2.05) is 0 Å². The average molecular weight is 290 g/mol. The standard InChI is InChI=1S/C11H18N2O3S2/c1-7-9(8(2)14)10(17-13-7)12-6-11(3,4)18(5,15)16/h12H,6H2,1-5H3. The Morgan fingerprint density at radius 1 is 1.44 bits per heavy atom. The molecule has 1 aromatic heterocycles. The number of carbonyl (C=O) groups excluding carboxylic acids is 1. The minimum absolute atomic E-state index is 0.0686. The zero-order valence-corrected chi connectivity index (χ0v) is 12.8. The van der Waals surface area contributed by atoms with Gasteiger partial charge in [-0.15, -0.1) is 0 Å². The Balaban J connectivity index is 2.92. The molecule has 0 aliphatic rings. The number of hydrogen-bond acceptors (Lipinski definition) is 6. The minimum atomic E-state index is -3.16. The largest absolute Gasteiger partial charge is 0.373 e. The molecule has 1 rings (SSSR count). The molecule has 0 bridgehead atoms. The highest BCUT2D eigenvalue weighted by Crippen LogP contribution is 2.26. The van der Waals surface area contributed by atoms with Gasteiger partial charge in [-0.3, -0.25) is 4.79 Å². The lowest BCUT2D eigenvalue weighted by atomic mass is 10.1. The first-order valence-electron chi connectivity index (χ1n) is 5.47. The van der Waals surface area contributed by atoms with Gasteiger partial charge in [-0.25, -0.2) is 8.42 Å². The molecule has 1 heterocycles. The molecule has 1 N–H and O–H groups in total. The fraction of sp³-hybridized carbons (Fsp3) is 0.636. The maximum absolute atomic E-state index is 11.6. The third-order valence-electron chi connectivity index (χ3n) is 2.89. The number of anilines is 1. The van der Waals surface area contributed by atoms with Crippen LogP contribution >= 0.6 is 11.5 Å².